The predicted molar refractivity (Wildman–Crippen MR) is 188 cm³/mol. The Balaban J connectivity index is 1.40. The van der Waals surface area contributed by atoms with E-state index in [0.717, 1.165) is 12.8 Å². The lowest BCUT2D eigenvalue weighted by atomic mass is 10.0. The molecule has 2 aliphatic heterocycles. The van der Waals surface area contributed by atoms with Crippen molar-refractivity contribution in [1.82, 2.24) is 15.0 Å². The maximum absolute atomic E-state index is 14.4. The number of aliphatic hydroxyl groups is 1. The van der Waals surface area contributed by atoms with Crippen LogP contribution in [0.15, 0.2) is 45.8 Å². The van der Waals surface area contributed by atoms with Crippen LogP contribution in [0.3, 0.4) is 0 Å². The summed E-state index contributed by atoms with van der Waals surface area (Å²) >= 11 is 0. The summed E-state index contributed by atoms with van der Waals surface area (Å²) in [4.78, 5) is 30.7. The van der Waals surface area contributed by atoms with Gasteiger partial charge in [0.15, 0.2) is 22.2 Å². The minimum Gasteiger partial charge on any atom is -0.490 e. The predicted octanol–water partition coefficient (Wildman–Crippen LogP) is 4.78. The number of aliphatic hydroxyl groups excluding tert-OH is 1. The van der Waals surface area contributed by atoms with Crippen LogP contribution in [0.25, 0.3) is 0 Å². The molecule has 3 amide bonds. The Bertz CT molecular complexity index is 1800. The number of ether oxygens (including phenoxy) is 4. The Kier molecular flexibility index (Phi) is 12.0. The number of amides is 3. The highest BCUT2D eigenvalue weighted by Gasteiger charge is 2.32. The van der Waals surface area contributed by atoms with Crippen molar-refractivity contribution in [3.63, 3.8) is 0 Å². The van der Waals surface area contributed by atoms with Crippen LogP contribution in [0.4, 0.5) is 16.2 Å². The van der Waals surface area contributed by atoms with E-state index in [4.69, 9.17) is 23.5 Å². The van der Waals surface area contributed by atoms with Gasteiger partial charge in [-0.3, -0.25) is 9.52 Å². The van der Waals surface area contributed by atoms with Crippen molar-refractivity contribution in [3.05, 3.63) is 53.4 Å². The number of anilines is 2. The average molecular weight is 730 g/mol. The number of rotatable bonds is 8. The first kappa shape index (κ1) is 37.7. The number of likely N-dealkylation sites (N-methyl/N-ethyl adjacent to an activating group) is 1. The number of carbonyl (C=O) groups excluding carboxylic acids is 2. The van der Waals surface area contributed by atoms with E-state index in [1.165, 1.54) is 35.8 Å². The molecule has 0 bridgehead atoms. The van der Waals surface area contributed by atoms with Crippen molar-refractivity contribution in [2.75, 3.05) is 50.2 Å². The maximum atomic E-state index is 14.4. The summed E-state index contributed by atoms with van der Waals surface area (Å²) in [7, 11) is -2.43. The van der Waals surface area contributed by atoms with Crippen LogP contribution >= 0.6 is 0 Å². The van der Waals surface area contributed by atoms with E-state index in [1.54, 1.807) is 38.2 Å². The van der Waals surface area contributed by atoms with Gasteiger partial charge in [0.25, 0.3) is 15.9 Å². The number of fused-ring (bicyclic) bond motifs is 2. The number of hydrogen-bond donors (Lipinski definition) is 3. The second-order valence-electron chi connectivity index (χ2n) is 13.1. The van der Waals surface area contributed by atoms with Gasteiger partial charge in [-0.2, -0.15) is 0 Å². The maximum Gasteiger partial charge on any atom is 0.321 e. The summed E-state index contributed by atoms with van der Waals surface area (Å²) in [5.41, 5.74) is 1.02. The zero-order valence-electron chi connectivity index (χ0n) is 29.8. The van der Waals surface area contributed by atoms with Crippen LogP contribution in [0, 0.1) is 19.8 Å². The molecule has 278 valence electrons. The van der Waals surface area contributed by atoms with Crippen LogP contribution in [-0.2, 0) is 14.8 Å². The Labute approximate surface area is 298 Å². The normalized spacial score (nSPS) is 20.5. The molecule has 0 fully saturated rings. The highest BCUT2D eigenvalue weighted by molar-refractivity contribution is 7.92. The van der Waals surface area contributed by atoms with E-state index < -0.39 is 28.1 Å². The van der Waals surface area contributed by atoms with Gasteiger partial charge in [-0.15, -0.1) is 0 Å². The summed E-state index contributed by atoms with van der Waals surface area (Å²) in [6.45, 7) is 9.21. The number of aromatic nitrogens is 1. The van der Waals surface area contributed by atoms with Crippen LogP contribution < -0.4 is 24.2 Å². The fourth-order valence-electron chi connectivity index (χ4n) is 6.06. The molecule has 16 heteroatoms. The van der Waals surface area contributed by atoms with Crippen LogP contribution in [0.5, 0.6) is 17.2 Å². The zero-order valence-corrected chi connectivity index (χ0v) is 30.6. The highest BCUT2D eigenvalue weighted by atomic mass is 32.2. The Morgan fingerprint density at radius 2 is 1.80 bits per heavy atom. The summed E-state index contributed by atoms with van der Waals surface area (Å²) in [6.07, 6.45) is 1.47. The number of nitrogens with zero attached hydrogens (tertiary/aromatic N) is 3. The van der Waals surface area contributed by atoms with Crippen LogP contribution in [-0.4, -0.2) is 98.8 Å². The molecule has 0 aliphatic carbocycles. The molecule has 51 heavy (non-hydrogen) atoms. The molecule has 1 aromatic heterocycles. The second-order valence-corrected chi connectivity index (χ2v) is 14.8. The Morgan fingerprint density at radius 1 is 1.08 bits per heavy atom. The van der Waals surface area contributed by atoms with E-state index in [9.17, 15) is 23.1 Å². The minimum atomic E-state index is -4.10. The van der Waals surface area contributed by atoms with Crippen LogP contribution in [0.2, 0.25) is 0 Å². The SMILES string of the molecule is Cc1noc(C)c1S(=O)(=O)Nc1ccc2c(c1)C(=O)N([C@H](C)CO)C[C@H](C)[C@@H](CN(C)C(=O)Nc1ccc3c(c1)OCO3)OCCCC[C@@H](C)O2. The monoisotopic (exact) mass is 729 g/mol. The van der Waals surface area contributed by atoms with Gasteiger partial charge in [0, 0.05) is 50.1 Å². The first-order chi connectivity index (χ1) is 24.3. The van der Waals surface area contributed by atoms with Crippen molar-refractivity contribution in [2.24, 2.45) is 5.92 Å². The molecule has 3 N–H and O–H groups in total. The number of carbonyl (C=O) groups is 2. The summed E-state index contributed by atoms with van der Waals surface area (Å²) < 4.78 is 57.7. The molecule has 5 rings (SSSR count). The van der Waals surface area contributed by atoms with Crippen molar-refractivity contribution in [2.45, 2.75) is 77.0 Å². The molecular weight excluding hydrogens is 682 g/mol. The third-order valence-electron chi connectivity index (χ3n) is 8.96. The molecule has 2 aromatic carbocycles. The number of hydrogen-bond acceptors (Lipinski definition) is 11. The van der Waals surface area contributed by atoms with Gasteiger partial charge in [-0.25, -0.2) is 13.2 Å². The van der Waals surface area contributed by atoms with Gasteiger partial charge in [-0.05, 0) is 77.3 Å². The van der Waals surface area contributed by atoms with Crippen molar-refractivity contribution >= 4 is 33.3 Å². The van der Waals surface area contributed by atoms with Gasteiger partial charge >= 0.3 is 6.03 Å². The van der Waals surface area contributed by atoms with E-state index in [0.29, 0.717) is 36.0 Å². The lowest BCUT2D eigenvalue weighted by Crippen LogP contribution is -2.48. The van der Waals surface area contributed by atoms with Crippen molar-refractivity contribution in [3.8, 4) is 17.2 Å². The number of sulfonamides is 1. The minimum absolute atomic E-state index is 0.0799. The third-order valence-corrected chi connectivity index (χ3v) is 10.6. The molecular formula is C35H47N5O10S. The molecule has 3 aromatic rings. The van der Waals surface area contributed by atoms with Gasteiger partial charge in [-0.1, -0.05) is 12.1 Å². The standard InChI is InChI=1S/C35H47N5O10S/c1-21-17-40(22(2)19-41)34(42)28-15-27(38-51(44,45)33-24(4)37-50-25(33)5)11-12-29(28)49-23(3)9-7-8-14-46-32(21)18-39(6)35(43)36-26-10-13-30-31(16-26)48-20-47-30/h10-13,15-16,21-23,32,38,41H,7-9,14,17-20H2,1-6H3,(H,36,43)/t21-,22+,23+,32+/m0/s1. The topological polar surface area (TPSA) is 182 Å². The summed E-state index contributed by atoms with van der Waals surface area (Å²) in [6, 6.07) is 8.74. The van der Waals surface area contributed by atoms with Gasteiger partial charge in [0.1, 0.15) is 11.4 Å². The summed E-state index contributed by atoms with van der Waals surface area (Å²) in [5.74, 6) is 0.826. The molecule has 0 unspecified atom stereocenters. The van der Waals surface area contributed by atoms with Crippen molar-refractivity contribution in [1.29, 1.82) is 0 Å². The summed E-state index contributed by atoms with van der Waals surface area (Å²) in [5, 5.41) is 16.9. The van der Waals surface area contributed by atoms with Gasteiger partial charge < -0.3 is 43.7 Å². The number of aryl methyl sites for hydroxylation is 2. The van der Waals surface area contributed by atoms with Crippen molar-refractivity contribution < 1.29 is 46.6 Å². The number of nitrogens with one attached hydrogen (secondary N) is 2. The molecule has 4 atom stereocenters. The van der Waals surface area contributed by atoms with E-state index in [1.807, 2.05) is 13.8 Å². The fraction of sp³-hybridized carbons (Fsp3) is 0.514. The van der Waals surface area contributed by atoms with E-state index in [2.05, 4.69) is 15.2 Å². The number of urea groups is 1. The molecule has 0 saturated carbocycles. The van der Waals surface area contributed by atoms with Crippen LogP contribution in [0.1, 0.15) is 61.8 Å². The Hall–Kier alpha value is -4.54. The second kappa shape index (κ2) is 16.2. The molecule has 2 aliphatic rings. The average Bonchev–Trinajstić information content (AvgIpc) is 3.70. The lowest BCUT2D eigenvalue weighted by Gasteiger charge is -2.35. The highest BCUT2D eigenvalue weighted by Crippen LogP contribution is 2.34. The zero-order chi connectivity index (χ0) is 36.9. The van der Waals surface area contributed by atoms with E-state index in [-0.39, 0.29) is 72.1 Å². The van der Waals surface area contributed by atoms with E-state index >= 15 is 0 Å². The molecule has 0 saturated heterocycles. The Morgan fingerprint density at radius 3 is 2.53 bits per heavy atom. The number of benzene rings is 2. The first-order valence-corrected chi connectivity index (χ1v) is 18.5. The molecule has 0 spiro atoms. The van der Waals surface area contributed by atoms with Gasteiger partial charge in [0.2, 0.25) is 6.79 Å². The quantitative estimate of drug-likeness (QED) is 0.290. The smallest absolute Gasteiger partial charge is 0.321 e. The largest absolute Gasteiger partial charge is 0.490 e. The molecule has 0 radical (unpaired) electrons. The van der Waals surface area contributed by atoms with Gasteiger partial charge in [0.05, 0.1) is 30.4 Å². The fourth-order valence-corrected chi connectivity index (χ4v) is 7.44. The third kappa shape index (κ3) is 9.04. The molecule has 15 nitrogen and oxygen atoms in total. The first-order valence-electron chi connectivity index (χ1n) is 17.0. The lowest BCUT2D eigenvalue weighted by molar-refractivity contribution is -0.0115. The molecule has 3 heterocycles.